The number of benzene rings is 1. The first-order chi connectivity index (χ1) is 13.2. The van der Waals surface area contributed by atoms with Crippen molar-refractivity contribution in [1.82, 2.24) is 9.47 Å². The molecule has 0 aliphatic rings. The summed E-state index contributed by atoms with van der Waals surface area (Å²) in [6.07, 6.45) is 1.43. The Morgan fingerprint density at radius 1 is 1.29 bits per heavy atom. The Hall–Kier alpha value is -2.75. The van der Waals surface area contributed by atoms with E-state index in [0.717, 1.165) is 11.4 Å². The van der Waals surface area contributed by atoms with Crippen LogP contribution in [-0.4, -0.2) is 42.0 Å². The van der Waals surface area contributed by atoms with Crippen LogP contribution in [0.5, 0.6) is 0 Å². The highest BCUT2D eigenvalue weighted by Gasteiger charge is 2.17. The molecular weight excluding hydrogens is 401 g/mol. The predicted molar refractivity (Wildman–Crippen MR) is 109 cm³/mol. The van der Waals surface area contributed by atoms with Gasteiger partial charge < -0.3 is 14.2 Å². The van der Waals surface area contributed by atoms with Gasteiger partial charge in [0.15, 0.2) is 6.61 Å². The lowest BCUT2D eigenvalue weighted by Crippen LogP contribution is -2.27. The minimum Gasteiger partial charge on any atom is -0.451 e. The highest BCUT2D eigenvalue weighted by atomic mass is 35.5. The summed E-state index contributed by atoms with van der Waals surface area (Å²) in [6.45, 7) is 3.29. The molecule has 0 unspecified atom stereocenters. The van der Waals surface area contributed by atoms with Gasteiger partial charge in [0.05, 0.1) is 15.7 Å². The maximum absolute atomic E-state index is 12.1. The lowest BCUT2D eigenvalue weighted by atomic mass is 10.1. The number of rotatable bonds is 5. The summed E-state index contributed by atoms with van der Waals surface area (Å²) in [7, 11) is 3.10. The van der Waals surface area contributed by atoms with Crippen LogP contribution in [0.2, 0.25) is 10.0 Å². The number of halogens is 2. The van der Waals surface area contributed by atoms with Gasteiger partial charge in [0.2, 0.25) is 0 Å². The van der Waals surface area contributed by atoms with Crippen molar-refractivity contribution >= 4 is 41.2 Å². The summed E-state index contributed by atoms with van der Waals surface area (Å²) < 4.78 is 6.81. The molecule has 2 aromatic rings. The van der Waals surface area contributed by atoms with E-state index in [4.69, 9.17) is 27.9 Å². The van der Waals surface area contributed by atoms with E-state index in [9.17, 15) is 14.9 Å². The highest BCUT2D eigenvalue weighted by molar-refractivity contribution is 6.43. The van der Waals surface area contributed by atoms with Gasteiger partial charge in [-0.2, -0.15) is 5.26 Å². The van der Waals surface area contributed by atoms with E-state index in [1.54, 1.807) is 26.2 Å². The maximum atomic E-state index is 12.1. The van der Waals surface area contributed by atoms with Crippen molar-refractivity contribution in [3.05, 3.63) is 56.8 Å². The van der Waals surface area contributed by atoms with Crippen molar-refractivity contribution in [2.75, 3.05) is 20.7 Å². The van der Waals surface area contributed by atoms with E-state index in [1.807, 2.05) is 36.6 Å². The molecule has 0 radical (unpaired) electrons. The smallest absolute Gasteiger partial charge is 0.349 e. The summed E-state index contributed by atoms with van der Waals surface area (Å²) in [4.78, 5) is 25.0. The number of ether oxygens (including phenoxy) is 1. The Morgan fingerprint density at radius 2 is 1.96 bits per heavy atom. The lowest BCUT2D eigenvalue weighted by Gasteiger charge is -2.12. The van der Waals surface area contributed by atoms with Crippen molar-refractivity contribution in [3.63, 3.8) is 0 Å². The number of aromatic nitrogens is 1. The third kappa shape index (κ3) is 4.56. The maximum Gasteiger partial charge on any atom is 0.349 e. The van der Waals surface area contributed by atoms with E-state index in [-0.39, 0.29) is 11.5 Å². The molecule has 1 heterocycles. The number of likely N-dealkylation sites (N-methyl/N-ethyl adjacent to an activating group) is 1. The lowest BCUT2D eigenvalue weighted by molar-refractivity contribution is -0.147. The highest BCUT2D eigenvalue weighted by Crippen LogP contribution is 2.32. The van der Waals surface area contributed by atoms with E-state index < -0.39 is 12.6 Å². The number of nitriles is 1. The molecule has 2 rings (SSSR count). The molecule has 0 aliphatic carbocycles. The molecular formula is C20H19Cl2N3O3. The van der Waals surface area contributed by atoms with Crippen LogP contribution in [-0.2, 0) is 14.3 Å². The first-order valence-electron chi connectivity index (χ1n) is 8.29. The zero-order valence-electron chi connectivity index (χ0n) is 15.9. The topological polar surface area (TPSA) is 75.3 Å². The van der Waals surface area contributed by atoms with E-state index in [2.05, 4.69) is 0 Å². The molecule has 0 bridgehead atoms. The molecule has 0 saturated carbocycles. The van der Waals surface area contributed by atoms with Gasteiger partial charge >= 0.3 is 5.97 Å². The van der Waals surface area contributed by atoms with Gasteiger partial charge in [-0.3, -0.25) is 4.79 Å². The molecule has 0 spiro atoms. The fourth-order valence-corrected chi connectivity index (χ4v) is 2.98. The van der Waals surface area contributed by atoms with Crippen molar-refractivity contribution in [2.24, 2.45) is 0 Å². The average molecular weight is 420 g/mol. The molecule has 28 heavy (non-hydrogen) atoms. The summed E-state index contributed by atoms with van der Waals surface area (Å²) in [5.41, 5.74) is 2.76. The number of hydrogen-bond donors (Lipinski definition) is 0. The largest absolute Gasteiger partial charge is 0.451 e. The molecule has 8 heteroatoms. The van der Waals surface area contributed by atoms with Crippen molar-refractivity contribution in [3.8, 4) is 11.8 Å². The molecule has 0 fully saturated rings. The van der Waals surface area contributed by atoms with Crippen LogP contribution in [0.1, 0.15) is 17.0 Å². The van der Waals surface area contributed by atoms with Crippen LogP contribution < -0.4 is 0 Å². The molecule has 0 atom stereocenters. The zero-order chi connectivity index (χ0) is 21.0. The van der Waals surface area contributed by atoms with Gasteiger partial charge in [-0.1, -0.05) is 29.3 Å². The second-order valence-electron chi connectivity index (χ2n) is 6.27. The quantitative estimate of drug-likeness (QED) is 0.417. The summed E-state index contributed by atoms with van der Waals surface area (Å²) in [5, 5.41) is 10.2. The number of carbonyl (C=O) groups excluding carboxylic acids is 2. The summed E-state index contributed by atoms with van der Waals surface area (Å²) in [5.74, 6) is -1.23. The van der Waals surface area contributed by atoms with Crippen LogP contribution in [0.15, 0.2) is 29.8 Å². The number of aryl methyl sites for hydroxylation is 1. The van der Waals surface area contributed by atoms with Crippen LogP contribution in [0.3, 0.4) is 0 Å². The minimum atomic E-state index is -0.858. The minimum absolute atomic E-state index is 0.205. The van der Waals surface area contributed by atoms with Gasteiger partial charge in [-0.05, 0) is 43.7 Å². The standard InChI is InChI=1S/C20H19Cl2N3O3/c1-12-8-14(9-15(10-23)20(27)28-11-18(26)24(3)4)13(2)25(12)17-7-5-6-16(21)19(17)22/h5-9H,11H2,1-4H3/b15-9+. The molecule has 1 aromatic carbocycles. The number of amides is 1. The van der Waals surface area contributed by atoms with Gasteiger partial charge in [0.25, 0.3) is 5.91 Å². The fourth-order valence-electron chi connectivity index (χ4n) is 2.60. The Morgan fingerprint density at radius 3 is 2.57 bits per heavy atom. The Balaban J connectivity index is 2.38. The second-order valence-corrected chi connectivity index (χ2v) is 7.05. The predicted octanol–water partition coefficient (Wildman–Crippen LogP) is 3.94. The van der Waals surface area contributed by atoms with Gasteiger partial charge in [-0.15, -0.1) is 0 Å². The number of nitrogens with zero attached hydrogens (tertiary/aromatic N) is 3. The fraction of sp³-hybridized carbons (Fsp3) is 0.250. The Bertz CT molecular complexity index is 1000. The van der Waals surface area contributed by atoms with Crippen molar-refractivity contribution in [1.29, 1.82) is 5.26 Å². The number of esters is 1. The first kappa shape index (κ1) is 21.5. The molecule has 146 valence electrons. The molecule has 6 nitrogen and oxygen atoms in total. The normalized spacial score (nSPS) is 11.1. The zero-order valence-corrected chi connectivity index (χ0v) is 17.4. The third-order valence-electron chi connectivity index (χ3n) is 4.11. The summed E-state index contributed by atoms with van der Waals surface area (Å²) >= 11 is 12.4. The van der Waals surface area contributed by atoms with E-state index >= 15 is 0 Å². The van der Waals surface area contributed by atoms with Crippen molar-refractivity contribution < 1.29 is 14.3 Å². The Labute approximate surface area is 173 Å². The van der Waals surface area contributed by atoms with E-state index in [0.29, 0.717) is 21.3 Å². The van der Waals surface area contributed by atoms with Gasteiger partial charge in [0, 0.05) is 25.5 Å². The average Bonchev–Trinajstić information content (AvgIpc) is 2.93. The monoisotopic (exact) mass is 419 g/mol. The first-order valence-corrected chi connectivity index (χ1v) is 9.05. The van der Waals surface area contributed by atoms with Gasteiger partial charge in [0.1, 0.15) is 11.6 Å². The van der Waals surface area contributed by atoms with Gasteiger partial charge in [-0.25, -0.2) is 4.79 Å². The van der Waals surface area contributed by atoms with Crippen LogP contribution in [0.4, 0.5) is 0 Å². The SMILES string of the molecule is Cc1cc(/C=C(\C#N)C(=O)OCC(=O)N(C)C)c(C)n1-c1cccc(Cl)c1Cl. The molecule has 1 aromatic heterocycles. The third-order valence-corrected chi connectivity index (χ3v) is 4.92. The van der Waals surface area contributed by atoms with Crippen molar-refractivity contribution in [2.45, 2.75) is 13.8 Å². The Kier molecular flexibility index (Phi) is 6.90. The second kappa shape index (κ2) is 8.96. The van der Waals surface area contributed by atoms with Crippen LogP contribution in [0, 0.1) is 25.2 Å². The van der Waals surface area contributed by atoms with E-state index in [1.165, 1.54) is 11.0 Å². The number of hydrogen-bond acceptors (Lipinski definition) is 4. The summed E-state index contributed by atoms with van der Waals surface area (Å²) in [6, 6.07) is 8.96. The van der Waals surface area contributed by atoms with Crippen LogP contribution >= 0.6 is 23.2 Å². The number of carbonyl (C=O) groups is 2. The van der Waals surface area contributed by atoms with Crippen LogP contribution in [0.25, 0.3) is 11.8 Å². The molecule has 0 aliphatic heterocycles. The molecule has 0 saturated heterocycles. The molecule has 1 amide bonds. The molecule has 0 N–H and O–H groups in total.